The number of halogens is 1. The Hall–Kier alpha value is -4.51. The van der Waals surface area contributed by atoms with Gasteiger partial charge < -0.3 is 4.90 Å². The number of piperidine rings is 1. The summed E-state index contributed by atoms with van der Waals surface area (Å²) < 4.78 is 17.1. The van der Waals surface area contributed by atoms with Crippen LogP contribution in [-0.2, 0) is 6.54 Å². The number of nitriles is 1. The smallest absolute Gasteiger partial charge is 0.278 e. The topological polar surface area (TPSA) is 79.7 Å². The summed E-state index contributed by atoms with van der Waals surface area (Å²) in [6.07, 6.45) is 6.35. The molecule has 2 aromatic carbocycles. The number of pyridine rings is 1. The second-order valence-corrected chi connectivity index (χ2v) is 9.02. The average molecular weight is 479 g/mol. The van der Waals surface area contributed by atoms with Gasteiger partial charge in [-0.25, -0.2) is 9.37 Å². The van der Waals surface area contributed by atoms with Gasteiger partial charge in [0.05, 0.1) is 18.6 Å². The van der Waals surface area contributed by atoms with Crippen molar-refractivity contribution in [2.24, 2.45) is 0 Å². The Morgan fingerprint density at radius 1 is 0.972 bits per heavy atom. The number of hydrogen-bond acceptors (Lipinski definition) is 5. The van der Waals surface area contributed by atoms with Crippen LogP contribution in [0.15, 0.2) is 71.9 Å². The van der Waals surface area contributed by atoms with E-state index >= 15 is 0 Å². The third-order valence-corrected chi connectivity index (χ3v) is 6.84. The Bertz CT molecular complexity index is 1690. The largest absolute Gasteiger partial charge is 0.357 e. The monoisotopic (exact) mass is 478 g/mol. The SMILES string of the molecule is N#Cc1c(N2CCCCC2)n(-c2ccc(F)cc2)c2c(=O)n(Cc3nccc4ccccc34)cnc12. The molecule has 0 radical (unpaired) electrons. The van der Waals surface area contributed by atoms with E-state index in [-0.39, 0.29) is 17.9 Å². The van der Waals surface area contributed by atoms with Gasteiger partial charge in [-0.3, -0.25) is 18.9 Å². The summed E-state index contributed by atoms with van der Waals surface area (Å²) in [6.45, 7) is 1.79. The van der Waals surface area contributed by atoms with Crippen LogP contribution in [0.1, 0.15) is 30.5 Å². The van der Waals surface area contributed by atoms with Gasteiger partial charge in [-0.2, -0.15) is 5.26 Å². The minimum Gasteiger partial charge on any atom is -0.357 e. The van der Waals surface area contributed by atoms with E-state index in [0.717, 1.165) is 48.8 Å². The molecule has 0 unspecified atom stereocenters. The first-order valence-electron chi connectivity index (χ1n) is 12.0. The molecule has 0 atom stereocenters. The van der Waals surface area contributed by atoms with Gasteiger partial charge in [-0.15, -0.1) is 0 Å². The molecule has 4 heterocycles. The first-order chi connectivity index (χ1) is 17.7. The Balaban J connectivity index is 1.60. The number of benzene rings is 2. The van der Waals surface area contributed by atoms with Crippen molar-refractivity contribution in [2.75, 3.05) is 18.0 Å². The zero-order chi connectivity index (χ0) is 24.6. The lowest BCUT2D eigenvalue weighted by molar-refractivity contribution is 0.571. The summed E-state index contributed by atoms with van der Waals surface area (Å²) >= 11 is 0. The number of hydrogen-bond donors (Lipinski definition) is 0. The molecule has 0 N–H and O–H groups in total. The minimum absolute atomic E-state index is 0.235. The van der Waals surface area contributed by atoms with Crippen molar-refractivity contribution in [1.29, 1.82) is 5.26 Å². The highest BCUT2D eigenvalue weighted by Gasteiger charge is 2.27. The summed E-state index contributed by atoms with van der Waals surface area (Å²) in [7, 11) is 0. The maximum Gasteiger partial charge on any atom is 0.278 e. The predicted molar refractivity (Wildman–Crippen MR) is 137 cm³/mol. The lowest BCUT2D eigenvalue weighted by atomic mass is 10.1. The van der Waals surface area contributed by atoms with Crippen molar-refractivity contribution < 1.29 is 4.39 Å². The first kappa shape index (κ1) is 22.0. The summed E-state index contributed by atoms with van der Waals surface area (Å²) in [5.41, 5.74) is 2.12. The number of aromatic nitrogens is 4. The summed E-state index contributed by atoms with van der Waals surface area (Å²) in [4.78, 5) is 25.2. The molecule has 0 amide bonds. The minimum atomic E-state index is -0.368. The number of nitrogens with zero attached hydrogens (tertiary/aromatic N) is 6. The second-order valence-electron chi connectivity index (χ2n) is 9.02. The fraction of sp³-hybridized carbons (Fsp3) is 0.214. The van der Waals surface area contributed by atoms with E-state index in [1.54, 1.807) is 22.9 Å². The molecule has 0 saturated carbocycles. The number of rotatable bonds is 4. The molecule has 0 spiro atoms. The maximum absolute atomic E-state index is 14.0. The molecule has 6 rings (SSSR count). The molecule has 1 saturated heterocycles. The van der Waals surface area contributed by atoms with E-state index in [9.17, 15) is 14.4 Å². The van der Waals surface area contributed by atoms with Crippen LogP contribution in [0.5, 0.6) is 0 Å². The standard InChI is InChI=1S/C28H23FN6O/c29-20-8-10-21(11-9-20)35-26-25(23(16-30)27(35)33-14-4-1-5-15-33)32-18-34(28(26)36)17-24-22-7-3-2-6-19(22)12-13-31-24/h2-3,6-13,18H,1,4-5,14-15,17H2. The Morgan fingerprint density at radius 2 is 1.75 bits per heavy atom. The van der Waals surface area contributed by atoms with E-state index in [0.29, 0.717) is 28.1 Å². The molecule has 0 bridgehead atoms. The highest BCUT2D eigenvalue weighted by molar-refractivity contribution is 5.91. The second kappa shape index (κ2) is 8.93. The number of anilines is 1. The van der Waals surface area contributed by atoms with Crippen molar-refractivity contribution in [3.63, 3.8) is 0 Å². The van der Waals surface area contributed by atoms with Crippen molar-refractivity contribution in [3.05, 3.63) is 94.5 Å². The normalized spacial score (nSPS) is 13.8. The van der Waals surface area contributed by atoms with Crippen LogP contribution in [0, 0.1) is 17.1 Å². The van der Waals surface area contributed by atoms with Gasteiger partial charge >= 0.3 is 0 Å². The van der Waals surface area contributed by atoms with Crippen LogP contribution in [0.4, 0.5) is 10.2 Å². The van der Waals surface area contributed by atoms with Crippen LogP contribution < -0.4 is 10.5 Å². The highest BCUT2D eigenvalue weighted by atomic mass is 19.1. The maximum atomic E-state index is 14.0. The van der Waals surface area contributed by atoms with Gasteiger partial charge in [0.2, 0.25) is 0 Å². The summed E-state index contributed by atoms with van der Waals surface area (Å²) in [5, 5.41) is 12.2. The van der Waals surface area contributed by atoms with E-state index in [4.69, 9.17) is 0 Å². The van der Waals surface area contributed by atoms with E-state index in [2.05, 4.69) is 20.9 Å². The van der Waals surface area contributed by atoms with Crippen molar-refractivity contribution in [2.45, 2.75) is 25.8 Å². The summed E-state index contributed by atoms with van der Waals surface area (Å²) in [5.74, 6) is 0.275. The number of fused-ring (bicyclic) bond motifs is 2. The molecule has 1 fully saturated rings. The molecule has 8 heteroatoms. The van der Waals surface area contributed by atoms with Gasteiger partial charge in [-0.1, -0.05) is 24.3 Å². The van der Waals surface area contributed by atoms with Crippen LogP contribution in [0.3, 0.4) is 0 Å². The third-order valence-electron chi connectivity index (χ3n) is 6.84. The van der Waals surface area contributed by atoms with Gasteiger partial charge in [0, 0.05) is 30.4 Å². The van der Waals surface area contributed by atoms with Crippen molar-refractivity contribution in [3.8, 4) is 11.8 Å². The lowest BCUT2D eigenvalue weighted by Crippen LogP contribution is -2.32. The fourth-order valence-electron chi connectivity index (χ4n) is 5.12. The zero-order valence-electron chi connectivity index (χ0n) is 19.6. The predicted octanol–water partition coefficient (Wildman–Crippen LogP) is 4.78. The van der Waals surface area contributed by atoms with Gasteiger partial charge in [0.1, 0.15) is 34.3 Å². The molecular formula is C28H23FN6O. The lowest BCUT2D eigenvalue weighted by Gasteiger charge is -2.30. The quantitative estimate of drug-likeness (QED) is 0.371. The third kappa shape index (κ3) is 3.60. The zero-order valence-corrected chi connectivity index (χ0v) is 19.6. The first-order valence-corrected chi connectivity index (χ1v) is 12.0. The Kier molecular flexibility index (Phi) is 5.45. The van der Waals surface area contributed by atoms with Crippen molar-refractivity contribution in [1.82, 2.24) is 19.1 Å². The van der Waals surface area contributed by atoms with E-state index < -0.39 is 0 Å². The molecule has 1 aliphatic heterocycles. The van der Waals surface area contributed by atoms with Crippen LogP contribution in [0.25, 0.3) is 27.5 Å². The average Bonchev–Trinajstić information content (AvgIpc) is 3.26. The van der Waals surface area contributed by atoms with E-state index in [1.165, 1.54) is 23.0 Å². The van der Waals surface area contributed by atoms with Gasteiger partial charge in [0.15, 0.2) is 0 Å². The molecule has 7 nitrogen and oxygen atoms in total. The van der Waals surface area contributed by atoms with Gasteiger partial charge in [-0.05, 0) is 55.0 Å². The molecule has 3 aromatic heterocycles. The van der Waals surface area contributed by atoms with E-state index in [1.807, 2.05) is 30.3 Å². The Morgan fingerprint density at radius 3 is 2.53 bits per heavy atom. The summed E-state index contributed by atoms with van der Waals surface area (Å²) in [6, 6.07) is 18.1. The van der Waals surface area contributed by atoms with Crippen LogP contribution in [0.2, 0.25) is 0 Å². The van der Waals surface area contributed by atoms with Gasteiger partial charge in [0.25, 0.3) is 5.56 Å². The fourth-order valence-corrected chi connectivity index (χ4v) is 5.12. The molecule has 178 valence electrons. The molecule has 0 aliphatic carbocycles. The molecule has 36 heavy (non-hydrogen) atoms. The molecule has 1 aliphatic rings. The molecule has 5 aromatic rings. The van der Waals surface area contributed by atoms with Crippen molar-refractivity contribution >= 4 is 27.6 Å². The van der Waals surface area contributed by atoms with Crippen LogP contribution >= 0.6 is 0 Å². The Labute approximate surface area is 206 Å². The highest BCUT2D eigenvalue weighted by Crippen LogP contribution is 2.34. The van der Waals surface area contributed by atoms with Crippen LogP contribution in [-0.4, -0.2) is 32.2 Å². The molecular weight excluding hydrogens is 455 g/mol.